The standard InChI is InChI=1S/C9H12/c1-7-4-5-8(2)9(3)6-7/h4-6H,1-3H3/i1D3,2D3. The highest BCUT2D eigenvalue weighted by atomic mass is 13.9. The van der Waals surface area contributed by atoms with E-state index < -0.39 is 13.7 Å². The predicted octanol–water partition coefficient (Wildman–Crippen LogP) is 2.61. The van der Waals surface area contributed by atoms with Gasteiger partial charge in [0, 0.05) is 8.22 Å². The monoisotopic (exact) mass is 126 g/mol. The van der Waals surface area contributed by atoms with Gasteiger partial charge in [-0.2, -0.15) is 0 Å². The molecule has 0 heterocycles. The molecular weight excluding hydrogens is 108 g/mol. The molecular formula is C9H12. The van der Waals surface area contributed by atoms with Crippen LogP contribution in [0.1, 0.15) is 24.9 Å². The molecule has 0 atom stereocenters. The summed E-state index contributed by atoms with van der Waals surface area (Å²) in [5.41, 5.74) is 0.868. The smallest absolute Gasteiger partial charge is 0.0280 e. The molecule has 0 aliphatic carbocycles. The molecule has 1 rings (SSSR count). The molecule has 0 aromatic heterocycles. The molecule has 0 bridgehead atoms. The van der Waals surface area contributed by atoms with Crippen LogP contribution in [-0.2, 0) is 0 Å². The Balaban J connectivity index is 3.21. The third kappa shape index (κ3) is 1.32. The van der Waals surface area contributed by atoms with Crippen LogP contribution in [0, 0.1) is 20.6 Å². The van der Waals surface area contributed by atoms with Crippen molar-refractivity contribution >= 4 is 0 Å². The van der Waals surface area contributed by atoms with Gasteiger partial charge in [0.2, 0.25) is 0 Å². The molecule has 0 fully saturated rings. The van der Waals surface area contributed by atoms with E-state index in [1.807, 2.05) is 0 Å². The van der Waals surface area contributed by atoms with Crippen LogP contribution < -0.4 is 0 Å². The lowest BCUT2D eigenvalue weighted by Gasteiger charge is -1.98. The molecule has 0 heteroatoms. The highest BCUT2D eigenvalue weighted by Gasteiger charge is 1.89. The minimum absolute atomic E-state index is 0.174. The van der Waals surface area contributed by atoms with Gasteiger partial charge in [0.15, 0.2) is 0 Å². The molecule has 1 aromatic rings. The quantitative estimate of drug-likeness (QED) is 0.501. The summed E-state index contributed by atoms with van der Waals surface area (Å²) in [6.45, 7) is -2.76. The zero-order valence-corrected chi connectivity index (χ0v) is 5.23. The number of benzene rings is 1. The van der Waals surface area contributed by atoms with Crippen molar-refractivity contribution in [3.63, 3.8) is 0 Å². The Morgan fingerprint density at radius 2 is 2.11 bits per heavy atom. The number of rotatable bonds is 0. The Bertz CT molecular complexity index is 360. The van der Waals surface area contributed by atoms with Crippen LogP contribution in [0.4, 0.5) is 0 Å². The van der Waals surface area contributed by atoms with E-state index >= 15 is 0 Å². The molecule has 48 valence electrons. The fourth-order valence-corrected chi connectivity index (χ4v) is 0.664. The van der Waals surface area contributed by atoms with E-state index in [0.29, 0.717) is 5.56 Å². The van der Waals surface area contributed by atoms with Crippen LogP contribution >= 0.6 is 0 Å². The Kier molecular flexibility index (Phi) is 0.522. The summed E-state index contributed by atoms with van der Waals surface area (Å²) in [7, 11) is 0. The zero-order valence-electron chi connectivity index (χ0n) is 11.2. The van der Waals surface area contributed by atoms with Crippen molar-refractivity contribution in [2.75, 3.05) is 0 Å². The molecule has 0 amide bonds. The predicted molar refractivity (Wildman–Crippen MR) is 40.7 cm³/mol. The molecule has 1 aromatic carbocycles. The molecule has 0 spiro atoms. The second-order valence-electron chi connectivity index (χ2n) is 2.03. The van der Waals surface area contributed by atoms with E-state index in [4.69, 9.17) is 8.22 Å². The number of hydrogen-bond acceptors (Lipinski definition) is 0. The van der Waals surface area contributed by atoms with Gasteiger partial charge in [-0.1, -0.05) is 23.8 Å². The van der Waals surface area contributed by atoms with Crippen molar-refractivity contribution in [3.8, 4) is 0 Å². The van der Waals surface area contributed by atoms with Crippen LogP contribution in [0.5, 0.6) is 0 Å². The van der Waals surface area contributed by atoms with Gasteiger partial charge in [0.1, 0.15) is 0 Å². The molecule has 0 aliphatic rings. The topological polar surface area (TPSA) is 0 Å². The second-order valence-corrected chi connectivity index (χ2v) is 2.03. The van der Waals surface area contributed by atoms with Crippen molar-refractivity contribution in [2.24, 2.45) is 0 Å². The van der Waals surface area contributed by atoms with E-state index in [9.17, 15) is 0 Å². The van der Waals surface area contributed by atoms with E-state index in [1.54, 1.807) is 6.92 Å². The summed E-state index contributed by atoms with van der Waals surface area (Å²) in [5.74, 6) is 0. The van der Waals surface area contributed by atoms with E-state index in [-0.39, 0.29) is 11.1 Å². The fraction of sp³-hybridized carbons (Fsp3) is 0.333. The van der Waals surface area contributed by atoms with Crippen molar-refractivity contribution in [1.82, 2.24) is 0 Å². The zero-order chi connectivity index (χ0) is 11.9. The summed E-state index contributed by atoms with van der Waals surface area (Å²) in [6.07, 6.45) is 0. The van der Waals surface area contributed by atoms with Crippen molar-refractivity contribution in [2.45, 2.75) is 20.6 Å². The summed E-state index contributed by atoms with van der Waals surface area (Å²) < 4.78 is 43.3. The summed E-state index contributed by atoms with van der Waals surface area (Å²) in [5, 5.41) is 0. The molecule has 0 aliphatic heterocycles. The van der Waals surface area contributed by atoms with Crippen molar-refractivity contribution in [1.29, 1.82) is 0 Å². The molecule has 0 saturated heterocycles. The maximum absolute atomic E-state index is 7.23. The molecule has 0 unspecified atom stereocenters. The normalized spacial score (nSPS) is 22.3. The highest BCUT2D eigenvalue weighted by molar-refractivity contribution is 5.28. The van der Waals surface area contributed by atoms with Crippen LogP contribution in [0.3, 0.4) is 0 Å². The van der Waals surface area contributed by atoms with Crippen LogP contribution in [-0.4, -0.2) is 0 Å². The average molecular weight is 126 g/mol. The Morgan fingerprint density at radius 1 is 1.22 bits per heavy atom. The molecule has 0 radical (unpaired) electrons. The van der Waals surface area contributed by atoms with Crippen LogP contribution in [0.25, 0.3) is 0 Å². The summed E-state index contributed by atoms with van der Waals surface area (Å²) in [4.78, 5) is 0. The lowest BCUT2D eigenvalue weighted by atomic mass is 10.1. The van der Waals surface area contributed by atoms with Gasteiger partial charge in [-0.15, -0.1) is 0 Å². The number of hydrogen-bond donors (Lipinski definition) is 0. The average Bonchev–Trinajstić information content (AvgIpc) is 1.99. The lowest BCUT2D eigenvalue weighted by molar-refractivity contribution is 1.30. The maximum Gasteiger partial charge on any atom is 0.0280 e. The van der Waals surface area contributed by atoms with E-state index in [1.165, 1.54) is 18.2 Å². The first kappa shape index (κ1) is 2.12. The lowest BCUT2D eigenvalue weighted by Crippen LogP contribution is -1.79. The third-order valence-corrected chi connectivity index (χ3v) is 1.23. The Hall–Kier alpha value is -0.780. The van der Waals surface area contributed by atoms with Crippen molar-refractivity contribution < 1.29 is 8.22 Å². The SMILES string of the molecule is [2H]C([2H])([2H])c1ccc(C([2H])([2H])[2H])c(C)c1. The molecule has 0 nitrogen and oxygen atoms in total. The Morgan fingerprint density at radius 3 is 2.67 bits per heavy atom. The first-order valence-electron chi connectivity index (χ1n) is 5.74. The van der Waals surface area contributed by atoms with Crippen LogP contribution in [0.2, 0.25) is 0 Å². The van der Waals surface area contributed by atoms with Gasteiger partial charge < -0.3 is 0 Å². The number of aryl methyl sites for hydroxylation is 3. The second kappa shape index (κ2) is 2.22. The van der Waals surface area contributed by atoms with E-state index in [2.05, 4.69) is 0 Å². The maximum atomic E-state index is 7.23. The molecule has 0 N–H and O–H groups in total. The molecule has 9 heavy (non-hydrogen) atoms. The van der Waals surface area contributed by atoms with Crippen molar-refractivity contribution in [3.05, 3.63) is 34.9 Å². The highest BCUT2D eigenvalue weighted by Crippen LogP contribution is 2.07. The summed E-state index contributed by atoms with van der Waals surface area (Å²) in [6, 6.07) is 4.13. The fourth-order valence-electron chi connectivity index (χ4n) is 0.664. The first-order valence-corrected chi connectivity index (χ1v) is 2.74. The van der Waals surface area contributed by atoms with Gasteiger partial charge in [0.05, 0.1) is 0 Å². The minimum atomic E-state index is -2.18. The third-order valence-electron chi connectivity index (χ3n) is 1.23. The first-order chi connectivity index (χ1) is 6.62. The van der Waals surface area contributed by atoms with Gasteiger partial charge in [-0.25, -0.2) is 0 Å². The van der Waals surface area contributed by atoms with Gasteiger partial charge in [-0.3, -0.25) is 0 Å². The van der Waals surface area contributed by atoms with Crippen LogP contribution in [0.15, 0.2) is 18.2 Å². The van der Waals surface area contributed by atoms with Gasteiger partial charge >= 0.3 is 0 Å². The summed E-state index contributed by atoms with van der Waals surface area (Å²) >= 11 is 0. The minimum Gasteiger partial charge on any atom is -0.0590 e. The molecule has 0 saturated carbocycles. The van der Waals surface area contributed by atoms with Gasteiger partial charge in [-0.05, 0) is 31.8 Å². The largest absolute Gasteiger partial charge is 0.0590 e. The van der Waals surface area contributed by atoms with E-state index in [0.717, 1.165) is 0 Å². The Labute approximate surface area is 65.0 Å². The van der Waals surface area contributed by atoms with Gasteiger partial charge in [0.25, 0.3) is 0 Å².